The minimum atomic E-state index is -0.159. The van der Waals surface area contributed by atoms with Gasteiger partial charge >= 0.3 is 6.03 Å². The highest BCUT2D eigenvalue weighted by Gasteiger charge is 2.21. The first-order valence-corrected chi connectivity index (χ1v) is 9.63. The summed E-state index contributed by atoms with van der Waals surface area (Å²) in [5, 5.41) is 5.84. The molecule has 3 amide bonds. The maximum atomic E-state index is 12.5. The summed E-state index contributed by atoms with van der Waals surface area (Å²) in [5.41, 5.74) is 2.25. The molecule has 0 saturated carbocycles. The van der Waals surface area contributed by atoms with Crippen LogP contribution in [0.4, 0.5) is 10.5 Å². The second-order valence-corrected chi connectivity index (χ2v) is 7.05. The third-order valence-corrected chi connectivity index (χ3v) is 5.07. The molecule has 148 valence electrons. The van der Waals surface area contributed by atoms with Gasteiger partial charge in [-0.15, -0.1) is 0 Å². The molecule has 6 nitrogen and oxygen atoms in total. The van der Waals surface area contributed by atoms with Crippen LogP contribution in [0.1, 0.15) is 41.7 Å². The number of anilines is 1. The number of ether oxygens (including phenoxy) is 1. The molecule has 0 aromatic heterocycles. The van der Waals surface area contributed by atoms with Crippen LogP contribution < -0.4 is 10.6 Å². The first kappa shape index (κ1) is 19.9. The van der Waals surface area contributed by atoms with Gasteiger partial charge in [0, 0.05) is 31.5 Å². The molecule has 1 heterocycles. The lowest BCUT2D eigenvalue weighted by Crippen LogP contribution is -2.41. The molecule has 2 aromatic rings. The maximum absolute atomic E-state index is 12.5. The van der Waals surface area contributed by atoms with Crippen LogP contribution in [0, 0.1) is 0 Å². The van der Waals surface area contributed by atoms with Gasteiger partial charge in [-0.1, -0.05) is 30.3 Å². The normalized spacial score (nSPS) is 17.0. The van der Waals surface area contributed by atoms with Gasteiger partial charge in [-0.25, -0.2) is 4.79 Å². The Balaban J connectivity index is 1.60. The van der Waals surface area contributed by atoms with Crippen molar-refractivity contribution >= 4 is 17.6 Å². The number of urea groups is 1. The van der Waals surface area contributed by atoms with Crippen molar-refractivity contribution in [1.29, 1.82) is 0 Å². The van der Waals surface area contributed by atoms with Crippen molar-refractivity contribution in [2.75, 3.05) is 25.5 Å². The van der Waals surface area contributed by atoms with Gasteiger partial charge in [0.1, 0.15) is 0 Å². The van der Waals surface area contributed by atoms with E-state index in [4.69, 9.17) is 4.74 Å². The maximum Gasteiger partial charge on any atom is 0.317 e. The summed E-state index contributed by atoms with van der Waals surface area (Å²) in [6.07, 6.45) is 2.15. The van der Waals surface area contributed by atoms with Crippen molar-refractivity contribution in [2.45, 2.75) is 31.9 Å². The van der Waals surface area contributed by atoms with E-state index < -0.39 is 0 Å². The fraction of sp³-hybridized carbons (Fsp3) is 0.364. The molecular formula is C22H27N3O3. The predicted octanol–water partition coefficient (Wildman–Crippen LogP) is 3.82. The molecule has 0 radical (unpaired) electrons. The highest BCUT2D eigenvalue weighted by atomic mass is 16.5. The zero-order chi connectivity index (χ0) is 19.9. The van der Waals surface area contributed by atoms with Crippen molar-refractivity contribution in [3.05, 3.63) is 65.7 Å². The van der Waals surface area contributed by atoms with Crippen LogP contribution in [-0.2, 0) is 4.74 Å². The zero-order valence-corrected chi connectivity index (χ0v) is 16.4. The standard InChI is InChI=1S/C22H27N3O3/c1-16(25(2)22(27)23-15-20-12-7-13-28-20)18-10-6-11-19(14-18)24-21(26)17-8-4-3-5-9-17/h3-6,8-11,14,16,20H,7,12-13,15H2,1-2H3,(H,23,27)(H,24,26)/t16-,20-/m0/s1. The van der Waals surface area contributed by atoms with Crippen LogP contribution in [0.2, 0.25) is 0 Å². The van der Waals surface area contributed by atoms with E-state index in [2.05, 4.69) is 10.6 Å². The van der Waals surface area contributed by atoms with Gasteiger partial charge in [-0.2, -0.15) is 0 Å². The summed E-state index contributed by atoms with van der Waals surface area (Å²) < 4.78 is 5.54. The van der Waals surface area contributed by atoms with Gasteiger partial charge in [0.25, 0.3) is 5.91 Å². The van der Waals surface area contributed by atoms with Crippen molar-refractivity contribution in [3.8, 4) is 0 Å². The largest absolute Gasteiger partial charge is 0.376 e. The Morgan fingerprint density at radius 2 is 1.96 bits per heavy atom. The average Bonchev–Trinajstić information content (AvgIpc) is 3.25. The monoisotopic (exact) mass is 381 g/mol. The molecule has 0 unspecified atom stereocenters. The van der Waals surface area contributed by atoms with Gasteiger partial charge in [0.05, 0.1) is 12.1 Å². The molecule has 0 aliphatic carbocycles. The Hall–Kier alpha value is -2.86. The second kappa shape index (κ2) is 9.37. The number of benzene rings is 2. The van der Waals surface area contributed by atoms with Gasteiger partial charge in [-0.05, 0) is 49.6 Å². The topological polar surface area (TPSA) is 70.7 Å². The first-order valence-electron chi connectivity index (χ1n) is 9.63. The smallest absolute Gasteiger partial charge is 0.317 e. The minimum absolute atomic E-state index is 0.115. The number of carbonyl (C=O) groups is 2. The molecule has 1 aliphatic rings. The van der Waals surface area contributed by atoms with E-state index in [1.54, 1.807) is 24.1 Å². The molecule has 3 rings (SSSR count). The molecular weight excluding hydrogens is 354 g/mol. The van der Waals surface area contributed by atoms with Crippen molar-refractivity contribution in [1.82, 2.24) is 10.2 Å². The molecule has 28 heavy (non-hydrogen) atoms. The van der Waals surface area contributed by atoms with Gasteiger partial charge in [0.15, 0.2) is 0 Å². The molecule has 1 fully saturated rings. The van der Waals surface area contributed by atoms with Crippen LogP contribution in [0.5, 0.6) is 0 Å². The quantitative estimate of drug-likeness (QED) is 0.799. The number of amides is 3. The molecule has 1 aliphatic heterocycles. The van der Waals surface area contributed by atoms with Crippen LogP contribution in [0.15, 0.2) is 54.6 Å². The van der Waals surface area contributed by atoms with Gasteiger partial charge in [-0.3, -0.25) is 4.79 Å². The Labute approximate surface area is 165 Å². The molecule has 0 bridgehead atoms. The average molecular weight is 381 g/mol. The molecule has 0 spiro atoms. The first-order chi connectivity index (χ1) is 13.5. The van der Waals surface area contributed by atoms with Crippen molar-refractivity contribution < 1.29 is 14.3 Å². The fourth-order valence-corrected chi connectivity index (χ4v) is 3.20. The summed E-state index contributed by atoms with van der Waals surface area (Å²) in [6, 6.07) is 16.4. The van der Waals surface area contributed by atoms with E-state index in [-0.39, 0.29) is 24.1 Å². The summed E-state index contributed by atoms with van der Waals surface area (Å²) >= 11 is 0. The van der Waals surface area contributed by atoms with Crippen molar-refractivity contribution in [2.24, 2.45) is 0 Å². The van der Waals surface area contributed by atoms with Gasteiger partial charge in [0.2, 0.25) is 0 Å². The van der Waals surface area contributed by atoms with E-state index in [0.717, 1.165) is 25.0 Å². The lowest BCUT2D eigenvalue weighted by Gasteiger charge is -2.26. The van der Waals surface area contributed by atoms with Crippen LogP contribution in [0.25, 0.3) is 0 Å². The molecule has 2 atom stereocenters. The predicted molar refractivity (Wildman–Crippen MR) is 109 cm³/mol. The van der Waals surface area contributed by atoms with Gasteiger partial charge < -0.3 is 20.3 Å². The Kier molecular flexibility index (Phi) is 6.66. The zero-order valence-electron chi connectivity index (χ0n) is 16.4. The molecule has 1 saturated heterocycles. The minimum Gasteiger partial charge on any atom is -0.376 e. The van der Waals surface area contributed by atoms with Crippen LogP contribution in [0.3, 0.4) is 0 Å². The number of rotatable bonds is 6. The Morgan fingerprint density at radius 1 is 1.18 bits per heavy atom. The number of hydrogen-bond acceptors (Lipinski definition) is 3. The summed E-state index contributed by atoms with van der Waals surface area (Å²) in [7, 11) is 1.77. The SMILES string of the molecule is C[C@@H](c1cccc(NC(=O)c2ccccc2)c1)N(C)C(=O)NC[C@@H]1CCCO1. The van der Waals surface area contributed by atoms with Crippen LogP contribution in [-0.4, -0.2) is 43.1 Å². The number of nitrogens with zero attached hydrogens (tertiary/aromatic N) is 1. The third-order valence-electron chi connectivity index (χ3n) is 5.07. The molecule has 2 N–H and O–H groups in total. The van der Waals surface area contributed by atoms with Crippen LogP contribution >= 0.6 is 0 Å². The lowest BCUT2D eigenvalue weighted by atomic mass is 10.1. The fourth-order valence-electron chi connectivity index (χ4n) is 3.20. The van der Waals surface area contributed by atoms with E-state index in [0.29, 0.717) is 17.8 Å². The Morgan fingerprint density at radius 3 is 2.68 bits per heavy atom. The highest BCUT2D eigenvalue weighted by Crippen LogP contribution is 2.22. The summed E-state index contributed by atoms with van der Waals surface area (Å²) in [6.45, 7) is 3.26. The lowest BCUT2D eigenvalue weighted by molar-refractivity contribution is 0.102. The number of nitrogens with one attached hydrogen (secondary N) is 2. The number of hydrogen-bond donors (Lipinski definition) is 2. The third kappa shape index (κ3) is 5.10. The van der Waals surface area contributed by atoms with E-state index >= 15 is 0 Å². The summed E-state index contributed by atoms with van der Waals surface area (Å²) in [5.74, 6) is -0.159. The Bertz CT molecular complexity index is 804. The summed E-state index contributed by atoms with van der Waals surface area (Å²) in [4.78, 5) is 26.5. The molecule has 6 heteroatoms. The molecule has 2 aromatic carbocycles. The second-order valence-electron chi connectivity index (χ2n) is 7.05. The highest BCUT2D eigenvalue weighted by molar-refractivity contribution is 6.04. The van der Waals surface area contributed by atoms with E-state index in [1.807, 2.05) is 49.4 Å². The number of carbonyl (C=O) groups excluding carboxylic acids is 2. The van der Waals surface area contributed by atoms with Crippen molar-refractivity contribution in [3.63, 3.8) is 0 Å². The van der Waals surface area contributed by atoms with E-state index in [9.17, 15) is 9.59 Å². The van der Waals surface area contributed by atoms with E-state index in [1.165, 1.54) is 0 Å².